The molecule has 3 unspecified atom stereocenters. The van der Waals surface area contributed by atoms with Gasteiger partial charge in [0.15, 0.2) is 0 Å². The summed E-state index contributed by atoms with van der Waals surface area (Å²) in [5, 5.41) is 13.9. The van der Waals surface area contributed by atoms with Crippen LogP contribution in [0.25, 0.3) is 0 Å². The molecule has 0 bridgehead atoms. The molecule has 4 nitrogen and oxygen atoms in total. The maximum atomic E-state index is 10.2. The fourth-order valence-electron chi connectivity index (χ4n) is 3.70. The van der Waals surface area contributed by atoms with E-state index < -0.39 is 0 Å². The molecule has 0 aromatic rings. The number of hydrogen-bond acceptors (Lipinski definition) is 4. The number of methoxy groups -OCH3 is 1. The minimum atomic E-state index is -0.0890. The third-order valence-electron chi connectivity index (χ3n) is 4.97. The van der Waals surface area contributed by atoms with Gasteiger partial charge in [-0.25, -0.2) is 0 Å². The van der Waals surface area contributed by atoms with Crippen molar-refractivity contribution in [3.63, 3.8) is 0 Å². The lowest BCUT2D eigenvalue weighted by Crippen LogP contribution is -2.52. The lowest BCUT2D eigenvalue weighted by molar-refractivity contribution is 0.00652. The van der Waals surface area contributed by atoms with Gasteiger partial charge in [0.05, 0.1) is 6.10 Å². The van der Waals surface area contributed by atoms with Gasteiger partial charge in [-0.15, -0.1) is 0 Å². The first-order valence-corrected chi connectivity index (χ1v) is 8.38. The summed E-state index contributed by atoms with van der Waals surface area (Å²) in [7, 11) is 1.76. The predicted octanol–water partition coefficient (Wildman–Crippen LogP) is 1.77. The number of likely N-dealkylation sites (tertiary alicyclic amines) is 1. The van der Waals surface area contributed by atoms with Crippen LogP contribution in [0.3, 0.4) is 0 Å². The highest BCUT2D eigenvalue weighted by Gasteiger charge is 2.31. The summed E-state index contributed by atoms with van der Waals surface area (Å²) < 4.78 is 5.13. The van der Waals surface area contributed by atoms with Gasteiger partial charge in [0.25, 0.3) is 0 Å². The van der Waals surface area contributed by atoms with E-state index in [1.54, 1.807) is 7.11 Å². The highest BCUT2D eigenvalue weighted by molar-refractivity contribution is 4.88. The molecule has 1 saturated carbocycles. The van der Waals surface area contributed by atoms with Crippen LogP contribution in [0.15, 0.2) is 0 Å². The van der Waals surface area contributed by atoms with E-state index in [0.717, 1.165) is 32.5 Å². The maximum Gasteiger partial charge on any atom is 0.0695 e. The van der Waals surface area contributed by atoms with Gasteiger partial charge in [-0.05, 0) is 39.0 Å². The molecule has 1 saturated heterocycles. The molecule has 0 amide bonds. The minimum absolute atomic E-state index is 0.0890. The van der Waals surface area contributed by atoms with Gasteiger partial charge in [0.1, 0.15) is 0 Å². The number of aliphatic hydroxyl groups excluding tert-OH is 1. The lowest BCUT2D eigenvalue weighted by Gasteiger charge is -2.42. The van der Waals surface area contributed by atoms with Crippen molar-refractivity contribution in [1.82, 2.24) is 10.2 Å². The molecule has 4 heteroatoms. The average molecular weight is 284 g/mol. The summed E-state index contributed by atoms with van der Waals surface area (Å²) in [6, 6.07) is 1.60. The van der Waals surface area contributed by atoms with Crippen LogP contribution in [0.4, 0.5) is 0 Å². The van der Waals surface area contributed by atoms with E-state index in [4.69, 9.17) is 4.74 Å². The third-order valence-corrected chi connectivity index (χ3v) is 4.97. The first-order valence-electron chi connectivity index (χ1n) is 8.38. The maximum absolute atomic E-state index is 10.2. The highest BCUT2D eigenvalue weighted by Crippen LogP contribution is 2.26. The summed E-state index contributed by atoms with van der Waals surface area (Å²) in [4.78, 5) is 2.53. The van der Waals surface area contributed by atoms with Gasteiger partial charge in [-0.1, -0.05) is 12.8 Å². The Kier molecular flexibility index (Phi) is 6.75. The van der Waals surface area contributed by atoms with E-state index in [-0.39, 0.29) is 6.10 Å². The van der Waals surface area contributed by atoms with Crippen LogP contribution in [-0.4, -0.2) is 61.0 Å². The zero-order valence-corrected chi connectivity index (χ0v) is 13.2. The lowest BCUT2D eigenvalue weighted by atomic mass is 9.89. The molecular formula is C16H32N2O2. The van der Waals surface area contributed by atoms with Crippen LogP contribution >= 0.6 is 0 Å². The zero-order chi connectivity index (χ0) is 14.4. The van der Waals surface area contributed by atoms with Crippen molar-refractivity contribution in [2.45, 2.75) is 76.1 Å². The first-order chi connectivity index (χ1) is 9.70. The van der Waals surface area contributed by atoms with Gasteiger partial charge >= 0.3 is 0 Å². The zero-order valence-electron chi connectivity index (χ0n) is 13.2. The van der Waals surface area contributed by atoms with E-state index in [2.05, 4.69) is 17.1 Å². The number of hydrogen-bond donors (Lipinski definition) is 2. The molecule has 2 aliphatic rings. The van der Waals surface area contributed by atoms with Gasteiger partial charge in [0, 0.05) is 44.9 Å². The van der Waals surface area contributed by atoms with Crippen molar-refractivity contribution in [2.24, 2.45) is 0 Å². The van der Waals surface area contributed by atoms with Crippen LogP contribution in [0.2, 0.25) is 0 Å². The first kappa shape index (κ1) is 16.2. The van der Waals surface area contributed by atoms with Gasteiger partial charge in [-0.2, -0.15) is 0 Å². The standard InChI is InChI=1S/C16H32N2O2/c1-13(9-12-20-2)17-14-7-10-18(11-8-14)15-5-3-4-6-16(15)19/h13-17,19H,3-12H2,1-2H3. The normalized spacial score (nSPS) is 31.4. The van der Waals surface area contributed by atoms with E-state index in [1.165, 1.54) is 32.1 Å². The monoisotopic (exact) mass is 284 g/mol. The average Bonchev–Trinajstić information content (AvgIpc) is 2.47. The third kappa shape index (κ3) is 4.69. The number of piperidine rings is 1. The van der Waals surface area contributed by atoms with E-state index in [9.17, 15) is 5.11 Å². The molecule has 1 heterocycles. The van der Waals surface area contributed by atoms with Crippen LogP contribution in [0, 0.1) is 0 Å². The van der Waals surface area contributed by atoms with E-state index >= 15 is 0 Å². The molecule has 1 aliphatic heterocycles. The summed E-state index contributed by atoms with van der Waals surface area (Å²) in [6.45, 7) is 5.35. The Morgan fingerprint density at radius 3 is 2.55 bits per heavy atom. The number of rotatable bonds is 6. The van der Waals surface area contributed by atoms with Crippen molar-refractivity contribution < 1.29 is 9.84 Å². The molecule has 0 spiro atoms. The predicted molar refractivity (Wildman–Crippen MR) is 81.9 cm³/mol. The topological polar surface area (TPSA) is 44.7 Å². The Labute approximate surface area is 123 Å². The Morgan fingerprint density at radius 1 is 1.20 bits per heavy atom. The van der Waals surface area contributed by atoms with Crippen molar-refractivity contribution in [3.05, 3.63) is 0 Å². The quantitative estimate of drug-likeness (QED) is 0.780. The Bertz CT molecular complexity index is 267. The van der Waals surface area contributed by atoms with E-state index in [1.807, 2.05) is 0 Å². The van der Waals surface area contributed by atoms with Crippen LogP contribution in [-0.2, 0) is 4.74 Å². The Balaban J connectivity index is 1.69. The summed E-state index contributed by atoms with van der Waals surface area (Å²) in [5.41, 5.74) is 0. The van der Waals surface area contributed by atoms with E-state index in [0.29, 0.717) is 18.1 Å². The molecule has 2 rings (SSSR count). The molecule has 1 aliphatic carbocycles. The second kappa shape index (κ2) is 8.32. The van der Waals surface area contributed by atoms with Crippen LogP contribution < -0.4 is 5.32 Å². The second-order valence-corrected chi connectivity index (χ2v) is 6.58. The Hall–Kier alpha value is -0.160. The van der Waals surface area contributed by atoms with Crippen molar-refractivity contribution in [2.75, 3.05) is 26.8 Å². The number of nitrogens with zero attached hydrogens (tertiary/aromatic N) is 1. The molecule has 2 fully saturated rings. The Morgan fingerprint density at radius 2 is 1.90 bits per heavy atom. The van der Waals surface area contributed by atoms with Crippen molar-refractivity contribution in [3.8, 4) is 0 Å². The summed E-state index contributed by atoms with van der Waals surface area (Å²) >= 11 is 0. The second-order valence-electron chi connectivity index (χ2n) is 6.58. The molecule has 0 radical (unpaired) electrons. The van der Waals surface area contributed by atoms with Gasteiger partial charge in [-0.3, -0.25) is 4.90 Å². The number of aliphatic hydroxyl groups is 1. The molecule has 118 valence electrons. The van der Waals surface area contributed by atoms with Crippen molar-refractivity contribution >= 4 is 0 Å². The van der Waals surface area contributed by atoms with Gasteiger partial charge in [0.2, 0.25) is 0 Å². The van der Waals surface area contributed by atoms with Crippen LogP contribution in [0.5, 0.6) is 0 Å². The molecule has 0 aromatic heterocycles. The fraction of sp³-hybridized carbons (Fsp3) is 1.00. The van der Waals surface area contributed by atoms with Crippen molar-refractivity contribution in [1.29, 1.82) is 0 Å². The molecule has 2 N–H and O–H groups in total. The summed E-state index contributed by atoms with van der Waals surface area (Å²) in [5.74, 6) is 0. The van der Waals surface area contributed by atoms with Crippen LogP contribution in [0.1, 0.15) is 51.9 Å². The highest BCUT2D eigenvalue weighted by atomic mass is 16.5. The number of ether oxygens (including phenoxy) is 1. The summed E-state index contributed by atoms with van der Waals surface area (Å²) in [6.07, 6.45) is 8.08. The van der Waals surface area contributed by atoms with Gasteiger partial charge < -0.3 is 15.2 Å². The largest absolute Gasteiger partial charge is 0.391 e. The molecule has 20 heavy (non-hydrogen) atoms. The number of nitrogens with one attached hydrogen (secondary N) is 1. The molecular weight excluding hydrogens is 252 g/mol. The molecule has 0 aromatic carbocycles. The SMILES string of the molecule is COCCC(C)NC1CCN(C2CCCCC2O)CC1. The smallest absolute Gasteiger partial charge is 0.0695 e. The fourth-order valence-corrected chi connectivity index (χ4v) is 3.70. The minimum Gasteiger partial charge on any atom is -0.391 e. The molecule has 3 atom stereocenters.